The van der Waals surface area contributed by atoms with Crippen LogP contribution in [0.3, 0.4) is 0 Å². The Hall–Kier alpha value is -3.07. The van der Waals surface area contributed by atoms with E-state index < -0.39 is 0 Å². The number of benzene rings is 1. The normalized spacial score (nSPS) is 14.0. The summed E-state index contributed by atoms with van der Waals surface area (Å²) in [6, 6.07) is 12.9. The number of aromatic nitrogens is 2. The molecular formula is C22H25ClN4O4. The molecule has 1 aliphatic heterocycles. The molecule has 0 aliphatic carbocycles. The van der Waals surface area contributed by atoms with E-state index in [9.17, 15) is 5.21 Å². The van der Waals surface area contributed by atoms with Crippen molar-refractivity contribution in [1.82, 2.24) is 14.7 Å². The highest BCUT2D eigenvalue weighted by molar-refractivity contribution is 5.85. The van der Waals surface area contributed by atoms with E-state index in [1.807, 2.05) is 41.8 Å². The zero-order chi connectivity index (χ0) is 20.8. The van der Waals surface area contributed by atoms with E-state index in [-0.39, 0.29) is 12.4 Å². The third-order valence-electron chi connectivity index (χ3n) is 4.65. The van der Waals surface area contributed by atoms with Crippen molar-refractivity contribution in [3.63, 3.8) is 0 Å². The molecule has 0 saturated carbocycles. The molecule has 1 aromatic carbocycles. The number of ether oxygens (including phenoxy) is 2. The van der Waals surface area contributed by atoms with Crippen molar-refractivity contribution in [1.29, 1.82) is 0 Å². The first-order valence-corrected chi connectivity index (χ1v) is 9.89. The van der Waals surface area contributed by atoms with Crippen LogP contribution >= 0.6 is 12.4 Å². The summed E-state index contributed by atoms with van der Waals surface area (Å²) in [5, 5.41) is 17.0. The van der Waals surface area contributed by atoms with Gasteiger partial charge < -0.3 is 28.8 Å². The summed E-state index contributed by atoms with van der Waals surface area (Å²) in [5.41, 5.74) is 2.27. The molecular weight excluding hydrogens is 420 g/mol. The van der Waals surface area contributed by atoms with Gasteiger partial charge in [0.15, 0.2) is 5.76 Å². The van der Waals surface area contributed by atoms with Crippen LogP contribution in [0.1, 0.15) is 6.92 Å². The summed E-state index contributed by atoms with van der Waals surface area (Å²) in [7, 11) is 0. The molecule has 1 fully saturated rings. The van der Waals surface area contributed by atoms with Gasteiger partial charge in [-0.2, -0.15) is 0 Å². The van der Waals surface area contributed by atoms with Gasteiger partial charge in [0.25, 0.3) is 0 Å². The van der Waals surface area contributed by atoms with E-state index in [1.165, 1.54) is 0 Å². The van der Waals surface area contributed by atoms with Crippen LogP contribution in [0, 0.1) is 0 Å². The second-order valence-corrected chi connectivity index (χ2v) is 6.66. The van der Waals surface area contributed by atoms with Crippen LogP contribution < -0.4 is 15.4 Å². The number of hydrogen-bond donors (Lipinski definition) is 2. The number of halogens is 1. The van der Waals surface area contributed by atoms with Crippen LogP contribution in [-0.2, 0) is 4.74 Å². The minimum atomic E-state index is 0. The molecule has 3 aromatic heterocycles. The molecule has 0 amide bonds. The maximum absolute atomic E-state index is 9.38. The summed E-state index contributed by atoms with van der Waals surface area (Å²) in [6.45, 7) is 6.31. The van der Waals surface area contributed by atoms with Gasteiger partial charge in [-0.25, -0.2) is 4.98 Å². The van der Waals surface area contributed by atoms with Gasteiger partial charge in [0.1, 0.15) is 22.4 Å². The predicted octanol–water partition coefficient (Wildman–Crippen LogP) is 3.46. The van der Waals surface area contributed by atoms with E-state index in [4.69, 9.17) is 13.9 Å². The molecule has 4 aromatic rings. The van der Waals surface area contributed by atoms with Gasteiger partial charge in [-0.05, 0) is 43.3 Å². The summed E-state index contributed by atoms with van der Waals surface area (Å²) in [4.78, 5) is 4.40. The minimum absolute atomic E-state index is 0. The van der Waals surface area contributed by atoms with Crippen molar-refractivity contribution in [2.75, 3.05) is 32.9 Å². The van der Waals surface area contributed by atoms with E-state index >= 15 is 0 Å². The van der Waals surface area contributed by atoms with E-state index in [0.29, 0.717) is 40.1 Å². The molecule has 31 heavy (non-hydrogen) atoms. The van der Waals surface area contributed by atoms with Crippen LogP contribution in [0.4, 0.5) is 0 Å². The van der Waals surface area contributed by atoms with Gasteiger partial charge in [0, 0.05) is 30.9 Å². The topological polar surface area (TPSA) is 93.5 Å². The van der Waals surface area contributed by atoms with Crippen LogP contribution in [0.25, 0.3) is 27.9 Å². The van der Waals surface area contributed by atoms with Gasteiger partial charge >= 0.3 is 0 Å². The standard InChI is InChI=1S/C18H15N3O3.C4H9NO.ClH/c1-2-23-13-5-6-17-14(9-13)15(20-22)10-18(24-17)16-8-12-4-3-7-21(12)11-19-16;1-3-6-4-2-5-1;/h3-11,22H,2H2,1H3;5H,1-4H2;1H. The molecule has 0 bridgehead atoms. The molecule has 0 radical (unpaired) electrons. The first-order chi connectivity index (χ1) is 14.8. The Bertz CT molecular complexity index is 1190. The molecule has 9 heteroatoms. The molecule has 0 unspecified atom stereocenters. The third kappa shape index (κ3) is 5.35. The number of morpholine rings is 1. The van der Waals surface area contributed by atoms with Crippen molar-refractivity contribution in [3.05, 3.63) is 60.3 Å². The van der Waals surface area contributed by atoms with Crippen molar-refractivity contribution >= 4 is 28.9 Å². The van der Waals surface area contributed by atoms with Crippen LogP contribution in [-0.4, -0.2) is 47.5 Å². The summed E-state index contributed by atoms with van der Waals surface area (Å²) < 4.78 is 18.4. The number of rotatable bonds is 3. The Labute approximate surface area is 185 Å². The maximum Gasteiger partial charge on any atom is 0.155 e. The first-order valence-electron chi connectivity index (χ1n) is 9.89. The zero-order valence-electron chi connectivity index (χ0n) is 17.2. The van der Waals surface area contributed by atoms with Gasteiger partial charge in [-0.1, -0.05) is 5.16 Å². The SMILES string of the molecule is C1COCCN1.CCOc1ccc2oc(-c3cc4cccn4cn3)cc(=NO)c2c1.Cl. The number of nitrogens with one attached hydrogen (secondary N) is 1. The minimum Gasteiger partial charge on any atom is -0.494 e. The van der Waals surface area contributed by atoms with E-state index in [1.54, 1.807) is 24.5 Å². The average molecular weight is 445 g/mol. The van der Waals surface area contributed by atoms with Crippen molar-refractivity contribution in [3.8, 4) is 17.2 Å². The summed E-state index contributed by atoms with van der Waals surface area (Å²) >= 11 is 0. The molecule has 1 aliphatic rings. The fraction of sp³-hybridized carbons (Fsp3) is 0.273. The lowest BCUT2D eigenvalue weighted by molar-refractivity contribution is 0.109. The third-order valence-corrected chi connectivity index (χ3v) is 4.65. The number of nitrogens with zero attached hydrogens (tertiary/aromatic N) is 3. The monoisotopic (exact) mass is 444 g/mol. The van der Waals surface area contributed by atoms with Gasteiger partial charge in [-0.3, -0.25) is 0 Å². The second kappa shape index (κ2) is 10.8. The Balaban J connectivity index is 0.000000338. The highest BCUT2D eigenvalue weighted by Crippen LogP contribution is 2.24. The molecule has 1 saturated heterocycles. The molecule has 164 valence electrons. The van der Waals surface area contributed by atoms with E-state index in [0.717, 1.165) is 31.8 Å². The summed E-state index contributed by atoms with van der Waals surface area (Å²) in [5.74, 6) is 1.23. The van der Waals surface area contributed by atoms with Crippen LogP contribution in [0.2, 0.25) is 0 Å². The second-order valence-electron chi connectivity index (χ2n) is 6.66. The highest BCUT2D eigenvalue weighted by atomic mass is 35.5. The molecule has 8 nitrogen and oxygen atoms in total. The van der Waals surface area contributed by atoms with Crippen LogP contribution in [0.5, 0.6) is 5.75 Å². The van der Waals surface area contributed by atoms with Crippen molar-refractivity contribution < 1.29 is 19.1 Å². The van der Waals surface area contributed by atoms with Gasteiger partial charge in [0.2, 0.25) is 0 Å². The highest BCUT2D eigenvalue weighted by Gasteiger charge is 2.09. The van der Waals surface area contributed by atoms with Crippen LogP contribution in [0.15, 0.2) is 64.6 Å². The number of fused-ring (bicyclic) bond motifs is 2. The Morgan fingerprint density at radius 2 is 2.03 bits per heavy atom. The van der Waals surface area contributed by atoms with E-state index in [2.05, 4.69) is 15.5 Å². The Morgan fingerprint density at radius 1 is 1.19 bits per heavy atom. The van der Waals surface area contributed by atoms with Crippen molar-refractivity contribution in [2.45, 2.75) is 6.92 Å². The predicted molar refractivity (Wildman–Crippen MR) is 120 cm³/mol. The lowest BCUT2D eigenvalue weighted by Gasteiger charge is -2.10. The quantitative estimate of drug-likeness (QED) is 0.371. The average Bonchev–Trinajstić information content (AvgIpc) is 3.28. The smallest absolute Gasteiger partial charge is 0.155 e. The summed E-state index contributed by atoms with van der Waals surface area (Å²) in [6.07, 6.45) is 3.64. The molecule has 4 heterocycles. The zero-order valence-corrected chi connectivity index (χ0v) is 18.0. The molecule has 0 spiro atoms. The largest absolute Gasteiger partial charge is 0.494 e. The fourth-order valence-electron chi connectivity index (χ4n) is 3.20. The Morgan fingerprint density at radius 3 is 2.71 bits per heavy atom. The molecule has 0 atom stereocenters. The van der Waals surface area contributed by atoms with Gasteiger partial charge in [-0.15, -0.1) is 12.4 Å². The maximum atomic E-state index is 9.38. The molecule has 2 N–H and O–H groups in total. The van der Waals surface area contributed by atoms with Crippen molar-refractivity contribution in [2.24, 2.45) is 5.16 Å². The lowest BCUT2D eigenvalue weighted by Crippen LogP contribution is -2.30. The Kier molecular flexibility index (Phi) is 7.88. The first kappa shape index (κ1) is 22.6. The van der Waals surface area contributed by atoms with Gasteiger partial charge in [0.05, 0.1) is 31.5 Å². The fourth-order valence-corrected chi connectivity index (χ4v) is 3.20. The molecule has 5 rings (SSSR count). The number of hydrogen-bond acceptors (Lipinski definition) is 7. The lowest BCUT2D eigenvalue weighted by atomic mass is 10.2.